The molecule has 0 saturated heterocycles. The van der Waals surface area contributed by atoms with Gasteiger partial charge in [0.2, 0.25) is 0 Å². The third-order valence-electron chi connectivity index (χ3n) is 2.14. The van der Waals surface area contributed by atoms with E-state index < -0.39 is 11.9 Å². The highest BCUT2D eigenvalue weighted by molar-refractivity contribution is 5.94. The molecule has 6 nitrogen and oxygen atoms in total. The number of urea groups is 1. The monoisotopic (exact) mass is 261 g/mol. The quantitative estimate of drug-likeness (QED) is 0.832. The summed E-state index contributed by atoms with van der Waals surface area (Å²) < 4.78 is 5.17. The first kappa shape index (κ1) is 14.5. The van der Waals surface area contributed by atoms with Crippen LogP contribution in [0.15, 0.2) is 24.3 Å². The first-order chi connectivity index (χ1) is 9.15. The van der Waals surface area contributed by atoms with Crippen LogP contribution >= 0.6 is 0 Å². The van der Waals surface area contributed by atoms with E-state index in [0.29, 0.717) is 17.9 Å². The van der Waals surface area contributed by atoms with Gasteiger partial charge in [-0.2, -0.15) is 5.26 Å². The maximum Gasteiger partial charge on any atom is 0.321 e. The van der Waals surface area contributed by atoms with E-state index in [2.05, 4.69) is 10.6 Å². The van der Waals surface area contributed by atoms with Crippen molar-refractivity contribution in [3.63, 3.8) is 0 Å². The van der Waals surface area contributed by atoms with Crippen molar-refractivity contribution in [3.8, 4) is 11.8 Å². The van der Waals surface area contributed by atoms with Crippen LogP contribution in [-0.2, 0) is 4.79 Å². The van der Waals surface area contributed by atoms with E-state index in [9.17, 15) is 9.59 Å². The summed E-state index contributed by atoms with van der Waals surface area (Å²) >= 11 is 0. The van der Waals surface area contributed by atoms with Crippen molar-refractivity contribution < 1.29 is 14.3 Å². The summed E-state index contributed by atoms with van der Waals surface area (Å²) in [6.07, 6.45) is 0.795. The molecular weight excluding hydrogens is 246 g/mol. The normalized spacial score (nSPS) is 9.26. The smallest absolute Gasteiger partial charge is 0.321 e. The Morgan fingerprint density at radius 1 is 1.32 bits per heavy atom. The van der Waals surface area contributed by atoms with Crippen LogP contribution in [0.5, 0.6) is 5.75 Å². The van der Waals surface area contributed by atoms with Gasteiger partial charge in [0.25, 0.3) is 5.91 Å². The van der Waals surface area contributed by atoms with Gasteiger partial charge in [-0.1, -0.05) is 6.92 Å². The van der Waals surface area contributed by atoms with E-state index >= 15 is 0 Å². The van der Waals surface area contributed by atoms with E-state index in [1.807, 2.05) is 13.0 Å². The molecule has 2 N–H and O–H groups in total. The van der Waals surface area contributed by atoms with Crippen molar-refractivity contribution in [3.05, 3.63) is 29.8 Å². The Balaban J connectivity index is 2.33. The SMILES string of the molecule is CCCNC(=O)NC(=O)COc1ccc(C#N)cc1. The van der Waals surface area contributed by atoms with E-state index in [0.717, 1.165) is 6.42 Å². The Labute approximate surface area is 111 Å². The number of benzene rings is 1. The molecule has 1 rings (SSSR count). The summed E-state index contributed by atoms with van der Waals surface area (Å²) in [6, 6.07) is 7.79. The molecule has 0 radical (unpaired) electrons. The third kappa shape index (κ3) is 5.55. The molecule has 0 atom stereocenters. The predicted molar refractivity (Wildman–Crippen MR) is 68.5 cm³/mol. The lowest BCUT2D eigenvalue weighted by atomic mass is 10.2. The highest BCUT2D eigenvalue weighted by Gasteiger charge is 2.07. The lowest BCUT2D eigenvalue weighted by molar-refractivity contribution is -0.122. The van der Waals surface area contributed by atoms with E-state index in [1.54, 1.807) is 24.3 Å². The summed E-state index contributed by atoms with van der Waals surface area (Å²) in [7, 11) is 0. The molecule has 0 aliphatic rings. The van der Waals surface area contributed by atoms with Gasteiger partial charge in [0.15, 0.2) is 6.61 Å². The summed E-state index contributed by atoms with van der Waals surface area (Å²) in [6.45, 7) is 2.16. The van der Waals surface area contributed by atoms with Crippen LogP contribution in [-0.4, -0.2) is 25.1 Å². The zero-order valence-corrected chi connectivity index (χ0v) is 10.6. The van der Waals surface area contributed by atoms with Gasteiger partial charge < -0.3 is 10.1 Å². The number of hydrogen-bond donors (Lipinski definition) is 2. The van der Waals surface area contributed by atoms with Crippen LogP contribution < -0.4 is 15.4 Å². The molecular formula is C13H15N3O3. The number of carbonyl (C=O) groups excluding carboxylic acids is 2. The van der Waals surface area contributed by atoms with Crippen molar-refractivity contribution in [2.45, 2.75) is 13.3 Å². The van der Waals surface area contributed by atoms with E-state index in [-0.39, 0.29) is 6.61 Å². The zero-order chi connectivity index (χ0) is 14.1. The van der Waals surface area contributed by atoms with E-state index in [4.69, 9.17) is 10.00 Å². The number of nitrogens with zero attached hydrogens (tertiary/aromatic N) is 1. The Hall–Kier alpha value is -2.55. The molecule has 1 aromatic rings. The number of nitrogens with one attached hydrogen (secondary N) is 2. The van der Waals surface area contributed by atoms with Gasteiger partial charge in [-0.3, -0.25) is 10.1 Å². The first-order valence-electron chi connectivity index (χ1n) is 5.86. The lowest BCUT2D eigenvalue weighted by Gasteiger charge is -2.07. The fourth-order valence-corrected chi connectivity index (χ4v) is 1.22. The predicted octanol–water partition coefficient (Wildman–Crippen LogP) is 1.17. The van der Waals surface area contributed by atoms with Gasteiger partial charge in [-0.25, -0.2) is 4.79 Å². The van der Waals surface area contributed by atoms with Crippen LogP contribution in [0.4, 0.5) is 4.79 Å². The molecule has 0 saturated carbocycles. The zero-order valence-electron chi connectivity index (χ0n) is 10.6. The van der Waals surface area contributed by atoms with Gasteiger partial charge in [0.1, 0.15) is 5.75 Å². The maximum atomic E-state index is 11.4. The van der Waals surface area contributed by atoms with Gasteiger partial charge in [-0.05, 0) is 30.7 Å². The summed E-state index contributed by atoms with van der Waals surface area (Å²) in [5.74, 6) is -0.0684. The maximum absolute atomic E-state index is 11.4. The largest absolute Gasteiger partial charge is 0.484 e. The second-order valence-corrected chi connectivity index (χ2v) is 3.73. The molecule has 0 fully saturated rings. The van der Waals surface area contributed by atoms with Crippen LogP contribution in [0.25, 0.3) is 0 Å². The summed E-state index contributed by atoms with van der Waals surface area (Å²) in [5.41, 5.74) is 0.510. The van der Waals surface area contributed by atoms with Gasteiger partial charge in [0, 0.05) is 6.54 Å². The number of ether oxygens (including phenoxy) is 1. The van der Waals surface area contributed by atoms with Crippen LogP contribution in [0.3, 0.4) is 0 Å². The molecule has 0 heterocycles. The molecule has 0 aliphatic carbocycles. The highest BCUT2D eigenvalue weighted by Crippen LogP contribution is 2.10. The minimum absolute atomic E-state index is 0.258. The number of hydrogen-bond acceptors (Lipinski definition) is 4. The fraction of sp³-hybridized carbons (Fsp3) is 0.308. The second kappa shape index (κ2) is 7.71. The minimum Gasteiger partial charge on any atom is -0.484 e. The topological polar surface area (TPSA) is 91.2 Å². The molecule has 0 bridgehead atoms. The number of carbonyl (C=O) groups is 2. The van der Waals surface area contributed by atoms with Crippen LogP contribution in [0, 0.1) is 11.3 Å². The summed E-state index contributed by atoms with van der Waals surface area (Å²) in [4.78, 5) is 22.5. The van der Waals surface area contributed by atoms with Crippen LogP contribution in [0.1, 0.15) is 18.9 Å². The van der Waals surface area contributed by atoms with Crippen molar-refractivity contribution in [1.82, 2.24) is 10.6 Å². The standard InChI is InChI=1S/C13H15N3O3/c1-2-7-15-13(18)16-12(17)9-19-11-5-3-10(8-14)4-6-11/h3-6H,2,7,9H2,1H3,(H2,15,16,17,18). The second-order valence-electron chi connectivity index (χ2n) is 3.73. The molecule has 1 aromatic carbocycles. The van der Waals surface area contributed by atoms with Gasteiger partial charge >= 0.3 is 6.03 Å². The molecule has 0 spiro atoms. The van der Waals surface area contributed by atoms with Crippen molar-refractivity contribution >= 4 is 11.9 Å². The first-order valence-corrected chi connectivity index (χ1v) is 5.86. The molecule has 0 unspecified atom stereocenters. The Kier molecular flexibility index (Phi) is 5.89. The molecule has 0 aliphatic heterocycles. The Bertz CT molecular complexity index is 477. The van der Waals surface area contributed by atoms with Crippen molar-refractivity contribution in [2.24, 2.45) is 0 Å². The van der Waals surface area contributed by atoms with Crippen LogP contribution in [0.2, 0.25) is 0 Å². The fourth-order valence-electron chi connectivity index (χ4n) is 1.22. The average molecular weight is 261 g/mol. The number of imide groups is 1. The molecule has 6 heteroatoms. The molecule has 0 aromatic heterocycles. The molecule has 19 heavy (non-hydrogen) atoms. The molecule has 100 valence electrons. The number of amides is 3. The Morgan fingerprint density at radius 2 is 2.00 bits per heavy atom. The Morgan fingerprint density at radius 3 is 2.58 bits per heavy atom. The van der Waals surface area contributed by atoms with Gasteiger partial charge in [0.05, 0.1) is 11.6 Å². The van der Waals surface area contributed by atoms with Crippen molar-refractivity contribution in [2.75, 3.05) is 13.2 Å². The van der Waals surface area contributed by atoms with E-state index in [1.165, 1.54) is 0 Å². The summed E-state index contributed by atoms with van der Waals surface area (Å²) in [5, 5.41) is 13.3. The third-order valence-corrected chi connectivity index (χ3v) is 2.14. The average Bonchev–Trinajstić information content (AvgIpc) is 2.43. The van der Waals surface area contributed by atoms with Crippen molar-refractivity contribution in [1.29, 1.82) is 5.26 Å². The minimum atomic E-state index is -0.532. The number of nitriles is 1. The molecule has 3 amide bonds. The lowest BCUT2D eigenvalue weighted by Crippen LogP contribution is -2.41. The van der Waals surface area contributed by atoms with Gasteiger partial charge in [-0.15, -0.1) is 0 Å². The number of rotatable bonds is 5. The highest BCUT2D eigenvalue weighted by atomic mass is 16.5.